The lowest BCUT2D eigenvalue weighted by Gasteiger charge is -2.13. The first-order valence-electron chi connectivity index (χ1n) is 5.22. The molecule has 0 fully saturated rings. The second-order valence-electron chi connectivity index (χ2n) is 3.46. The van der Waals surface area contributed by atoms with Crippen LogP contribution in [-0.2, 0) is 0 Å². The van der Waals surface area contributed by atoms with Gasteiger partial charge in [0.05, 0.1) is 7.11 Å². The molecule has 0 radical (unpaired) electrons. The summed E-state index contributed by atoms with van der Waals surface area (Å²) in [5, 5.41) is 2.86. The van der Waals surface area contributed by atoms with Crippen molar-refractivity contribution in [3.05, 3.63) is 29.8 Å². The summed E-state index contributed by atoms with van der Waals surface area (Å²) in [6.07, 6.45) is 0.825. The molecule has 1 aromatic carbocycles. The van der Waals surface area contributed by atoms with Crippen LogP contribution in [0.3, 0.4) is 0 Å². The van der Waals surface area contributed by atoms with E-state index in [9.17, 15) is 4.79 Å². The molecule has 0 aliphatic carbocycles. The summed E-state index contributed by atoms with van der Waals surface area (Å²) in [4.78, 5) is 11.8. The maximum absolute atomic E-state index is 11.8. The standard InChI is InChI=1S/C12H16ClNO2/c1-3-10(8-13)14-12(15)9-4-6-11(16-2)7-5-9/h4-7,10H,3,8H2,1-2H3,(H,14,15). The lowest BCUT2D eigenvalue weighted by molar-refractivity contribution is 0.0939. The summed E-state index contributed by atoms with van der Waals surface area (Å²) in [7, 11) is 1.59. The first kappa shape index (κ1) is 12.8. The van der Waals surface area contributed by atoms with Crippen molar-refractivity contribution in [3.63, 3.8) is 0 Å². The molecule has 1 amide bonds. The van der Waals surface area contributed by atoms with Crippen molar-refractivity contribution < 1.29 is 9.53 Å². The Morgan fingerprint density at radius 3 is 2.50 bits per heavy atom. The number of methoxy groups -OCH3 is 1. The normalized spacial score (nSPS) is 11.9. The highest BCUT2D eigenvalue weighted by molar-refractivity contribution is 6.18. The Labute approximate surface area is 101 Å². The number of nitrogens with one attached hydrogen (secondary N) is 1. The van der Waals surface area contributed by atoms with E-state index < -0.39 is 0 Å². The topological polar surface area (TPSA) is 38.3 Å². The molecule has 3 nitrogen and oxygen atoms in total. The molecule has 16 heavy (non-hydrogen) atoms. The smallest absolute Gasteiger partial charge is 0.251 e. The van der Waals surface area contributed by atoms with Crippen molar-refractivity contribution in [2.24, 2.45) is 0 Å². The number of rotatable bonds is 5. The summed E-state index contributed by atoms with van der Waals surface area (Å²) in [6.45, 7) is 1.99. The van der Waals surface area contributed by atoms with Crippen LogP contribution in [0.15, 0.2) is 24.3 Å². The zero-order chi connectivity index (χ0) is 12.0. The van der Waals surface area contributed by atoms with Gasteiger partial charge in [0.2, 0.25) is 0 Å². The van der Waals surface area contributed by atoms with Crippen molar-refractivity contribution >= 4 is 17.5 Å². The summed E-state index contributed by atoms with van der Waals surface area (Å²) in [6, 6.07) is 7.01. The van der Waals surface area contributed by atoms with E-state index in [1.807, 2.05) is 6.92 Å². The van der Waals surface area contributed by atoms with Gasteiger partial charge in [0.25, 0.3) is 5.91 Å². The Morgan fingerprint density at radius 1 is 1.44 bits per heavy atom. The van der Waals surface area contributed by atoms with E-state index in [2.05, 4.69) is 5.32 Å². The third kappa shape index (κ3) is 3.42. The van der Waals surface area contributed by atoms with Crippen LogP contribution in [0, 0.1) is 0 Å². The van der Waals surface area contributed by atoms with Crippen molar-refractivity contribution in [3.8, 4) is 5.75 Å². The number of hydrogen-bond donors (Lipinski definition) is 1. The molecule has 1 atom stereocenters. The fourth-order valence-electron chi connectivity index (χ4n) is 1.26. The minimum Gasteiger partial charge on any atom is -0.497 e. The molecule has 0 aliphatic heterocycles. The minimum absolute atomic E-state index is 0.0243. The molecule has 1 aromatic rings. The SMILES string of the molecule is CCC(CCl)NC(=O)c1ccc(OC)cc1. The van der Waals surface area contributed by atoms with Gasteiger partial charge < -0.3 is 10.1 Å². The van der Waals surface area contributed by atoms with Crippen molar-refractivity contribution in [2.45, 2.75) is 19.4 Å². The zero-order valence-corrected chi connectivity index (χ0v) is 10.3. The van der Waals surface area contributed by atoms with Crippen LogP contribution in [0.4, 0.5) is 0 Å². The first-order chi connectivity index (χ1) is 7.71. The molecule has 1 unspecified atom stereocenters. The Morgan fingerprint density at radius 2 is 2.06 bits per heavy atom. The fraction of sp³-hybridized carbons (Fsp3) is 0.417. The van der Waals surface area contributed by atoms with E-state index in [1.54, 1.807) is 31.4 Å². The van der Waals surface area contributed by atoms with E-state index in [1.165, 1.54) is 0 Å². The van der Waals surface area contributed by atoms with E-state index in [-0.39, 0.29) is 11.9 Å². The second-order valence-corrected chi connectivity index (χ2v) is 3.77. The van der Waals surface area contributed by atoms with Crippen molar-refractivity contribution in [2.75, 3.05) is 13.0 Å². The lowest BCUT2D eigenvalue weighted by atomic mass is 10.2. The van der Waals surface area contributed by atoms with Crippen LogP contribution in [0.2, 0.25) is 0 Å². The van der Waals surface area contributed by atoms with Crippen LogP contribution >= 0.6 is 11.6 Å². The van der Waals surface area contributed by atoms with Gasteiger partial charge in [-0.1, -0.05) is 6.92 Å². The van der Waals surface area contributed by atoms with Gasteiger partial charge in [-0.2, -0.15) is 0 Å². The molecule has 88 valence electrons. The number of alkyl halides is 1. The Kier molecular flexibility index (Phi) is 5.12. The molecule has 1 N–H and O–H groups in total. The van der Waals surface area contributed by atoms with E-state index in [4.69, 9.17) is 16.3 Å². The molecular formula is C12H16ClNO2. The van der Waals surface area contributed by atoms with Crippen LogP contribution in [0.25, 0.3) is 0 Å². The number of halogens is 1. The molecule has 0 bridgehead atoms. The number of amides is 1. The average molecular weight is 242 g/mol. The molecule has 0 heterocycles. The van der Waals surface area contributed by atoms with Crippen LogP contribution in [0.5, 0.6) is 5.75 Å². The van der Waals surface area contributed by atoms with Crippen LogP contribution in [0.1, 0.15) is 23.7 Å². The molecule has 4 heteroatoms. The van der Waals surface area contributed by atoms with Crippen molar-refractivity contribution in [1.82, 2.24) is 5.32 Å². The van der Waals surface area contributed by atoms with Crippen molar-refractivity contribution in [1.29, 1.82) is 0 Å². The molecule has 1 rings (SSSR count). The Hall–Kier alpha value is -1.22. The van der Waals surface area contributed by atoms with Gasteiger partial charge in [-0.3, -0.25) is 4.79 Å². The number of carbonyl (C=O) groups excluding carboxylic acids is 1. The first-order valence-corrected chi connectivity index (χ1v) is 5.75. The molecule has 0 saturated carbocycles. The molecular weight excluding hydrogens is 226 g/mol. The third-order valence-electron chi connectivity index (χ3n) is 2.37. The highest BCUT2D eigenvalue weighted by Gasteiger charge is 2.10. The number of benzene rings is 1. The second kappa shape index (κ2) is 6.38. The van der Waals surface area contributed by atoms with Gasteiger partial charge in [-0.15, -0.1) is 11.6 Å². The van der Waals surface area contributed by atoms with Crippen LogP contribution in [-0.4, -0.2) is 24.9 Å². The zero-order valence-electron chi connectivity index (χ0n) is 9.50. The molecule has 0 spiro atoms. The maximum atomic E-state index is 11.8. The van der Waals surface area contributed by atoms with Gasteiger partial charge in [-0.25, -0.2) is 0 Å². The van der Waals surface area contributed by atoms with Gasteiger partial charge in [0.15, 0.2) is 0 Å². The van der Waals surface area contributed by atoms with Crippen LogP contribution < -0.4 is 10.1 Å². The van der Waals surface area contributed by atoms with Gasteiger partial charge in [0.1, 0.15) is 5.75 Å². The maximum Gasteiger partial charge on any atom is 0.251 e. The average Bonchev–Trinajstić information content (AvgIpc) is 2.35. The van der Waals surface area contributed by atoms with E-state index >= 15 is 0 Å². The van der Waals surface area contributed by atoms with Gasteiger partial charge >= 0.3 is 0 Å². The largest absolute Gasteiger partial charge is 0.497 e. The highest BCUT2D eigenvalue weighted by atomic mass is 35.5. The predicted octanol–water partition coefficient (Wildman–Crippen LogP) is 2.44. The number of hydrogen-bond acceptors (Lipinski definition) is 2. The number of carbonyl (C=O) groups is 1. The predicted molar refractivity (Wildman–Crippen MR) is 65.3 cm³/mol. The van der Waals surface area contributed by atoms with E-state index in [0.717, 1.165) is 12.2 Å². The quantitative estimate of drug-likeness (QED) is 0.805. The minimum atomic E-state index is -0.102. The van der Waals surface area contributed by atoms with E-state index in [0.29, 0.717) is 11.4 Å². The molecule has 0 aliphatic rings. The molecule has 0 aromatic heterocycles. The highest BCUT2D eigenvalue weighted by Crippen LogP contribution is 2.11. The lowest BCUT2D eigenvalue weighted by Crippen LogP contribution is -2.35. The summed E-state index contributed by atoms with van der Waals surface area (Å²) in [5.41, 5.74) is 0.615. The monoisotopic (exact) mass is 241 g/mol. The summed E-state index contributed by atoms with van der Waals surface area (Å²) in [5.74, 6) is 1.06. The number of ether oxygens (including phenoxy) is 1. The summed E-state index contributed by atoms with van der Waals surface area (Å²) >= 11 is 5.71. The fourth-order valence-corrected chi connectivity index (χ4v) is 1.56. The summed E-state index contributed by atoms with van der Waals surface area (Å²) < 4.78 is 5.02. The Bertz CT molecular complexity index is 333. The van der Waals surface area contributed by atoms with Gasteiger partial charge in [0, 0.05) is 17.5 Å². The molecule has 0 saturated heterocycles. The third-order valence-corrected chi connectivity index (χ3v) is 2.74. The Balaban J connectivity index is 2.65. The van der Waals surface area contributed by atoms with Gasteiger partial charge in [-0.05, 0) is 30.7 Å².